The van der Waals surface area contributed by atoms with E-state index in [9.17, 15) is 9.59 Å². The molecule has 0 aliphatic rings. The third kappa shape index (κ3) is 5.98. The highest BCUT2D eigenvalue weighted by Crippen LogP contribution is 2.01. The predicted molar refractivity (Wildman–Crippen MR) is 34.0 cm³/mol. The van der Waals surface area contributed by atoms with Gasteiger partial charge in [-0.3, -0.25) is 9.59 Å². The largest absolute Gasteiger partial charge is 0.288 e. The van der Waals surface area contributed by atoms with Crippen LogP contribution in [-0.2, 0) is 9.59 Å². The number of thioether (sulfide) groups is 1. The van der Waals surface area contributed by atoms with Crippen LogP contribution in [0.1, 0.15) is 6.92 Å². The van der Waals surface area contributed by atoms with E-state index >= 15 is 0 Å². The van der Waals surface area contributed by atoms with Gasteiger partial charge in [0.2, 0.25) is 5.24 Å². The lowest BCUT2D eigenvalue weighted by Gasteiger charge is -1.85. The van der Waals surface area contributed by atoms with Gasteiger partial charge in [0.15, 0.2) is 5.12 Å². The van der Waals surface area contributed by atoms with Crippen LogP contribution in [0.2, 0.25) is 0 Å². The van der Waals surface area contributed by atoms with Crippen LogP contribution >= 0.6 is 23.4 Å². The van der Waals surface area contributed by atoms with Crippen LogP contribution < -0.4 is 0 Å². The van der Waals surface area contributed by atoms with Gasteiger partial charge < -0.3 is 0 Å². The van der Waals surface area contributed by atoms with Crippen molar-refractivity contribution >= 4 is 33.7 Å². The SMILES string of the molecule is CC(=O)SCC(=O)Cl. The summed E-state index contributed by atoms with van der Waals surface area (Å²) in [5.41, 5.74) is 0. The number of carbonyl (C=O) groups excluding carboxylic acids is 2. The van der Waals surface area contributed by atoms with Crippen molar-refractivity contribution in [3.8, 4) is 0 Å². The Morgan fingerprint density at radius 2 is 2.12 bits per heavy atom. The molecule has 8 heavy (non-hydrogen) atoms. The summed E-state index contributed by atoms with van der Waals surface area (Å²) in [6.45, 7) is 1.39. The van der Waals surface area contributed by atoms with Crippen LogP contribution in [-0.4, -0.2) is 16.1 Å². The second-order valence-corrected chi connectivity index (χ2v) is 2.71. The highest BCUT2D eigenvalue weighted by Gasteiger charge is 1.97. The lowest BCUT2D eigenvalue weighted by Crippen LogP contribution is -1.92. The molecule has 46 valence electrons. The quantitative estimate of drug-likeness (QED) is 0.555. The minimum Gasteiger partial charge on any atom is -0.288 e. The summed E-state index contributed by atoms with van der Waals surface area (Å²) in [6.07, 6.45) is 0. The fourth-order valence-electron chi connectivity index (χ4n) is 0.158. The van der Waals surface area contributed by atoms with E-state index in [-0.39, 0.29) is 10.9 Å². The zero-order chi connectivity index (χ0) is 6.57. The second-order valence-electron chi connectivity index (χ2n) is 1.14. The topological polar surface area (TPSA) is 34.1 Å². The average molecular weight is 153 g/mol. The Morgan fingerprint density at radius 1 is 1.62 bits per heavy atom. The number of carbonyl (C=O) groups is 2. The Morgan fingerprint density at radius 3 is 2.25 bits per heavy atom. The smallest absolute Gasteiger partial charge is 0.232 e. The van der Waals surface area contributed by atoms with Gasteiger partial charge in [-0.05, 0) is 11.6 Å². The molecule has 0 aromatic rings. The first kappa shape index (κ1) is 7.98. The molecule has 0 aliphatic heterocycles. The molecule has 0 saturated carbocycles. The van der Waals surface area contributed by atoms with Crippen molar-refractivity contribution in [2.75, 3.05) is 5.75 Å². The van der Waals surface area contributed by atoms with E-state index in [1.54, 1.807) is 0 Å². The van der Waals surface area contributed by atoms with E-state index in [4.69, 9.17) is 11.6 Å². The van der Waals surface area contributed by atoms with E-state index in [0.717, 1.165) is 11.8 Å². The monoisotopic (exact) mass is 152 g/mol. The number of halogens is 1. The van der Waals surface area contributed by atoms with Gasteiger partial charge in [-0.15, -0.1) is 0 Å². The lowest BCUT2D eigenvalue weighted by atomic mass is 10.9. The Labute approximate surface area is 56.6 Å². The minimum absolute atomic E-state index is 0.0802. The van der Waals surface area contributed by atoms with Gasteiger partial charge in [0.1, 0.15) is 0 Å². The zero-order valence-corrected chi connectivity index (χ0v) is 5.88. The molecule has 0 unspecified atom stereocenters. The summed E-state index contributed by atoms with van der Waals surface area (Å²) in [6, 6.07) is 0. The van der Waals surface area contributed by atoms with Crippen LogP contribution in [0.3, 0.4) is 0 Å². The van der Waals surface area contributed by atoms with Crippen LogP contribution in [0.25, 0.3) is 0 Å². The Kier molecular flexibility index (Phi) is 3.91. The average Bonchev–Trinajstić information content (AvgIpc) is 1.61. The standard InChI is InChI=1S/C4H5ClO2S/c1-3(6)8-2-4(5)7/h2H2,1H3. The molecule has 0 fully saturated rings. The minimum atomic E-state index is -0.481. The van der Waals surface area contributed by atoms with Crippen LogP contribution in [0.5, 0.6) is 0 Å². The molecule has 0 aromatic carbocycles. The molecule has 0 atom stereocenters. The fraction of sp³-hybridized carbons (Fsp3) is 0.500. The van der Waals surface area contributed by atoms with E-state index in [1.165, 1.54) is 6.92 Å². The molecule has 0 heterocycles. The predicted octanol–water partition coefficient (Wildman–Crippen LogP) is 1.03. The van der Waals surface area contributed by atoms with Crippen molar-refractivity contribution < 1.29 is 9.59 Å². The molecule has 2 nitrogen and oxygen atoms in total. The third-order valence-electron chi connectivity index (χ3n) is 0.389. The number of rotatable bonds is 2. The molecule has 4 heteroatoms. The van der Waals surface area contributed by atoms with E-state index in [1.807, 2.05) is 0 Å². The zero-order valence-electron chi connectivity index (χ0n) is 4.31. The first-order chi connectivity index (χ1) is 3.63. The van der Waals surface area contributed by atoms with Gasteiger partial charge in [-0.1, -0.05) is 11.8 Å². The van der Waals surface area contributed by atoms with Gasteiger partial charge in [0, 0.05) is 6.92 Å². The summed E-state index contributed by atoms with van der Waals surface area (Å²) >= 11 is 5.83. The molecule has 0 amide bonds. The molecule has 0 radical (unpaired) electrons. The summed E-state index contributed by atoms with van der Waals surface area (Å²) in [7, 11) is 0. The molecule has 0 aliphatic carbocycles. The fourth-order valence-corrected chi connectivity index (χ4v) is 0.639. The molecular formula is C4H5ClO2S. The highest BCUT2D eigenvalue weighted by atomic mass is 35.5. The van der Waals surface area contributed by atoms with Crippen molar-refractivity contribution in [3.05, 3.63) is 0 Å². The highest BCUT2D eigenvalue weighted by molar-refractivity contribution is 8.14. The van der Waals surface area contributed by atoms with Crippen molar-refractivity contribution in [2.24, 2.45) is 0 Å². The first-order valence-corrected chi connectivity index (χ1v) is 3.31. The maximum atomic E-state index is 10.1. The normalized spacial score (nSPS) is 8.75. The summed E-state index contributed by atoms with van der Waals surface area (Å²) in [5.74, 6) is 0.0802. The first-order valence-electron chi connectivity index (χ1n) is 1.94. The van der Waals surface area contributed by atoms with E-state index < -0.39 is 5.24 Å². The summed E-state index contributed by atoms with van der Waals surface area (Å²) in [4.78, 5) is 20.0. The maximum Gasteiger partial charge on any atom is 0.232 e. The molecule has 0 aromatic heterocycles. The van der Waals surface area contributed by atoms with E-state index in [0.29, 0.717) is 0 Å². The Hall–Kier alpha value is -0.0200. The third-order valence-corrected chi connectivity index (χ3v) is 1.49. The van der Waals surface area contributed by atoms with Crippen LogP contribution in [0.15, 0.2) is 0 Å². The summed E-state index contributed by atoms with van der Waals surface area (Å²) < 4.78 is 0. The maximum absolute atomic E-state index is 10.1. The van der Waals surface area contributed by atoms with Gasteiger partial charge in [-0.25, -0.2) is 0 Å². The summed E-state index contributed by atoms with van der Waals surface area (Å²) in [5, 5.41) is -0.566. The number of hydrogen-bond donors (Lipinski definition) is 0. The number of hydrogen-bond acceptors (Lipinski definition) is 3. The van der Waals surface area contributed by atoms with Gasteiger partial charge in [-0.2, -0.15) is 0 Å². The second kappa shape index (κ2) is 3.92. The van der Waals surface area contributed by atoms with Crippen LogP contribution in [0, 0.1) is 0 Å². The van der Waals surface area contributed by atoms with Gasteiger partial charge in [0.05, 0.1) is 5.75 Å². The van der Waals surface area contributed by atoms with Gasteiger partial charge in [0.25, 0.3) is 0 Å². The molecule has 0 saturated heterocycles. The van der Waals surface area contributed by atoms with Crippen molar-refractivity contribution in [1.82, 2.24) is 0 Å². The Balaban J connectivity index is 3.18. The van der Waals surface area contributed by atoms with E-state index in [2.05, 4.69) is 0 Å². The molecule has 0 bridgehead atoms. The molecule has 0 spiro atoms. The molecule has 0 N–H and O–H groups in total. The van der Waals surface area contributed by atoms with Crippen molar-refractivity contribution in [3.63, 3.8) is 0 Å². The van der Waals surface area contributed by atoms with Crippen molar-refractivity contribution in [2.45, 2.75) is 6.92 Å². The van der Waals surface area contributed by atoms with Crippen LogP contribution in [0.4, 0.5) is 0 Å². The lowest BCUT2D eigenvalue weighted by molar-refractivity contribution is -0.111. The van der Waals surface area contributed by atoms with Crippen molar-refractivity contribution in [1.29, 1.82) is 0 Å². The Bertz CT molecular complexity index is 98.6. The van der Waals surface area contributed by atoms with Gasteiger partial charge >= 0.3 is 0 Å². The molecular weight excluding hydrogens is 148 g/mol. The molecule has 0 rings (SSSR count).